The molecular formula is C23H32N2O3. The average molecular weight is 385 g/mol. The fourth-order valence-corrected chi connectivity index (χ4v) is 3.28. The summed E-state index contributed by atoms with van der Waals surface area (Å²) in [5.41, 5.74) is 3.31. The second-order valence-electron chi connectivity index (χ2n) is 9.55. The molecular weight excluding hydrogens is 352 g/mol. The Kier molecular flexibility index (Phi) is 5.79. The number of phenolic OH excluding ortho intramolecular Hbond substituents is 1. The van der Waals surface area contributed by atoms with Gasteiger partial charge in [-0.2, -0.15) is 0 Å². The van der Waals surface area contributed by atoms with E-state index in [0.717, 1.165) is 22.4 Å². The Hall–Kier alpha value is -2.56. The van der Waals surface area contributed by atoms with Gasteiger partial charge < -0.3 is 15.4 Å². The molecule has 1 amide bonds. The molecule has 0 fully saturated rings. The van der Waals surface area contributed by atoms with Crippen LogP contribution in [-0.2, 0) is 17.4 Å². The minimum absolute atomic E-state index is 0.150. The first-order valence-corrected chi connectivity index (χ1v) is 9.57. The largest absolute Gasteiger partial charge is 0.507 e. The van der Waals surface area contributed by atoms with E-state index >= 15 is 0 Å². The molecule has 152 valence electrons. The molecule has 2 aromatic rings. The van der Waals surface area contributed by atoms with Crippen LogP contribution in [0.15, 0.2) is 23.0 Å². The number of aromatic amines is 1. The van der Waals surface area contributed by atoms with Gasteiger partial charge in [0.25, 0.3) is 11.5 Å². The molecule has 0 saturated heterocycles. The molecule has 1 aromatic heterocycles. The van der Waals surface area contributed by atoms with E-state index in [2.05, 4.69) is 10.3 Å². The number of hydrogen-bond donors (Lipinski definition) is 3. The van der Waals surface area contributed by atoms with Gasteiger partial charge in [0.05, 0.1) is 0 Å². The molecule has 28 heavy (non-hydrogen) atoms. The lowest BCUT2D eigenvalue weighted by Gasteiger charge is -2.28. The van der Waals surface area contributed by atoms with Crippen molar-refractivity contribution in [1.29, 1.82) is 0 Å². The van der Waals surface area contributed by atoms with Crippen LogP contribution in [-0.4, -0.2) is 16.0 Å². The Morgan fingerprint density at radius 2 is 1.50 bits per heavy atom. The quantitative estimate of drug-likeness (QED) is 0.741. The average Bonchev–Trinajstić information content (AvgIpc) is 2.51. The van der Waals surface area contributed by atoms with Crippen molar-refractivity contribution in [3.8, 4) is 5.75 Å². The van der Waals surface area contributed by atoms with Crippen molar-refractivity contribution >= 4 is 5.91 Å². The highest BCUT2D eigenvalue weighted by Gasteiger charge is 2.27. The van der Waals surface area contributed by atoms with Crippen LogP contribution in [0.25, 0.3) is 0 Å². The number of benzene rings is 1. The van der Waals surface area contributed by atoms with Gasteiger partial charge in [-0.1, -0.05) is 41.5 Å². The maximum Gasteiger partial charge on any atom is 0.253 e. The molecule has 3 N–H and O–H groups in total. The van der Waals surface area contributed by atoms with Crippen LogP contribution >= 0.6 is 0 Å². The van der Waals surface area contributed by atoms with Crippen LogP contribution in [0.1, 0.15) is 79.8 Å². The van der Waals surface area contributed by atoms with Crippen molar-refractivity contribution in [2.45, 2.75) is 72.8 Å². The van der Waals surface area contributed by atoms with Crippen LogP contribution < -0.4 is 10.9 Å². The number of carbonyl (C=O) groups excluding carboxylic acids is 1. The molecule has 0 spiro atoms. The van der Waals surface area contributed by atoms with E-state index in [9.17, 15) is 14.7 Å². The minimum Gasteiger partial charge on any atom is -0.507 e. The van der Waals surface area contributed by atoms with E-state index in [-0.39, 0.29) is 34.6 Å². The zero-order valence-corrected chi connectivity index (χ0v) is 18.2. The highest BCUT2D eigenvalue weighted by Crippen LogP contribution is 2.39. The van der Waals surface area contributed by atoms with Crippen molar-refractivity contribution in [2.24, 2.45) is 0 Å². The molecule has 0 saturated carbocycles. The summed E-state index contributed by atoms with van der Waals surface area (Å²) in [6, 6.07) is 5.37. The minimum atomic E-state index is -0.314. The number of aromatic hydroxyl groups is 1. The van der Waals surface area contributed by atoms with E-state index in [0.29, 0.717) is 11.1 Å². The van der Waals surface area contributed by atoms with Gasteiger partial charge in [-0.05, 0) is 48.4 Å². The van der Waals surface area contributed by atoms with Gasteiger partial charge in [0, 0.05) is 34.5 Å². The first-order valence-electron chi connectivity index (χ1n) is 9.57. The standard InChI is InChI=1S/C23H32N2O3/c1-13-9-14(2)25-21(28)16(13)12-24-20(27)15-10-17(22(3,4)5)19(26)18(11-15)23(6,7)8/h9-11,26H,12H2,1-8H3,(H,24,27)(H,25,28). The van der Waals surface area contributed by atoms with E-state index in [1.807, 2.05) is 61.5 Å². The number of H-pyrrole nitrogens is 1. The summed E-state index contributed by atoms with van der Waals surface area (Å²) in [5, 5.41) is 13.6. The zero-order valence-electron chi connectivity index (χ0n) is 18.2. The number of hydrogen-bond acceptors (Lipinski definition) is 3. The number of pyridine rings is 1. The number of carbonyl (C=O) groups is 1. The molecule has 0 atom stereocenters. The molecule has 0 aliphatic heterocycles. The van der Waals surface area contributed by atoms with Gasteiger partial charge in [-0.15, -0.1) is 0 Å². The normalized spacial score (nSPS) is 12.1. The number of nitrogens with one attached hydrogen (secondary N) is 2. The van der Waals surface area contributed by atoms with E-state index in [4.69, 9.17) is 0 Å². The summed E-state index contributed by atoms with van der Waals surface area (Å²) < 4.78 is 0. The predicted octanol–water partition coefficient (Wildman–Crippen LogP) is 4.22. The van der Waals surface area contributed by atoms with Crippen LogP contribution in [0.4, 0.5) is 0 Å². The SMILES string of the molecule is Cc1cc(C)c(CNC(=O)c2cc(C(C)(C)C)c(O)c(C(C)(C)C)c2)c(=O)[nH]1. The predicted molar refractivity (Wildman–Crippen MR) is 113 cm³/mol. The highest BCUT2D eigenvalue weighted by molar-refractivity contribution is 5.95. The maximum atomic E-state index is 12.9. The van der Waals surface area contributed by atoms with Gasteiger partial charge in [0.2, 0.25) is 0 Å². The molecule has 1 heterocycles. The van der Waals surface area contributed by atoms with Gasteiger partial charge in [-0.3, -0.25) is 9.59 Å². The first-order chi connectivity index (χ1) is 12.7. The Labute approximate surface area is 167 Å². The Balaban J connectivity index is 2.42. The van der Waals surface area contributed by atoms with Crippen LogP contribution in [0.3, 0.4) is 0 Å². The van der Waals surface area contributed by atoms with Crippen molar-refractivity contribution in [2.75, 3.05) is 0 Å². The molecule has 2 rings (SSSR count). The van der Waals surface area contributed by atoms with E-state index in [1.165, 1.54) is 0 Å². The number of rotatable bonds is 3. The first kappa shape index (κ1) is 21.7. The van der Waals surface area contributed by atoms with Gasteiger partial charge in [0.15, 0.2) is 0 Å². The van der Waals surface area contributed by atoms with Gasteiger partial charge in [0.1, 0.15) is 5.75 Å². The van der Waals surface area contributed by atoms with Crippen LogP contribution in [0.5, 0.6) is 5.75 Å². The third-order valence-electron chi connectivity index (χ3n) is 4.91. The smallest absolute Gasteiger partial charge is 0.253 e. The topological polar surface area (TPSA) is 82.2 Å². The fraction of sp³-hybridized carbons (Fsp3) is 0.478. The lowest BCUT2D eigenvalue weighted by molar-refractivity contribution is 0.0950. The highest BCUT2D eigenvalue weighted by atomic mass is 16.3. The summed E-state index contributed by atoms with van der Waals surface area (Å²) in [5.74, 6) is -0.0299. The monoisotopic (exact) mass is 384 g/mol. The summed E-state index contributed by atoms with van der Waals surface area (Å²) in [4.78, 5) is 27.8. The zero-order chi connectivity index (χ0) is 21.4. The number of phenols is 1. The van der Waals surface area contributed by atoms with E-state index in [1.54, 1.807) is 12.1 Å². The lowest BCUT2D eigenvalue weighted by atomic mass is 9.78. The molecule has 5 heteroatoms. The Bertz CT molecular complexity index is 922. The van der Waals surface area contributed by atoms with Crippen molar-refractivity contribution in [1.82, 2.24) is 10.3 Å². The molecule has 0 aliphatic carbocycles. The molecule has 0 bridgehead atoms. The second kappa shape index (κ2) is 7.46. The van der Waals surface area contributed by atoms with Crippen molar-refractivity contribution in [3.63, 3.8) is 0 Å². The Morgan fingerprint density at radius 1 is 1.00 bits per heavy atom. The number of aryl methyl sites for hydroxylation is 2. The van der Waals surface area contributed by atoms with Gasteiger partial charge >= 0.3 is 0 Å². The Morgan fingerprint density at radius 3 is 1.93 bits per heavy atom. The van der Waals surface area contributed by atoms with Gasteiger partial charge in [-0.25, -0.2) is 0 Å². The molecule has 0 radical (unpaired) electrons. The summed E-state index contributed by atoms with van der Waals surface area (Å²) in [7, 11) is 0. The summed E-state index contributed by atoms with van der Waals surface area (Å²) in [6.07, 6.45) is 0. The third kappa shape index (κ3) is 4.64. The molecule has 0 unspecified atom stereocenters. The lowest BCUT2D eigenvalue weighted by Crippen LogP contribution is -2.29. The number of amides is 1. The summed E-state index contributed by atoms with van der Waals surface area (Å²) >= 11 is 0. The van der Waals surface area contributed by atoms with Crippen molar-refractivity contribution < 1.29 is 9.90 Å². The van der Waals surface area contributed by atoms with Crippen LogP contribution in [0, 0.1) is 13.8 Å². The third-order valence-corrected chi connectivity index (χ3v) is 4.91. The summed E-state index contributed by atoms with van der Waals surface area (Å²) in [6.45, 7) is 15.9. The molecule has 5 nitrogen and oxygen atoms in total. The second-order valence-corrected chi connectivity index (χ2v) is 9.55. The van der Waals surface area contributed by atoms with Crippen molar-refractivity contribution in [3.05, 3.63) is 62.1 Å². The van der Waals surface area contributed by atoms with E-state index < -0.39 is 0 Å². The number of aromatic nitrogens is 1. The maximum absolute atomic E-state index is 12.9. The molecule has 1 aromatic carbocycles. The fourth-order valence-electron chi connectivity index (χ4n) is 3.28. The molecule has 0 aliphatic rings. The van der Waals surface area contributed by atoms with Crippen LogP contribution in [0.2, 0.25) is 0 Å².